The summed E-state index contributed by atoms with van der Waals surface area (Å²) in [6.45, 7) is 0. The summed E-state index contributed by atoms with van der Waals surface area (Å²) in [5.41, 5.74) is 0.735. The van der Waals surface area contributed by atoms with Crippen LogP contribution in [0.3, 0.4) is 0 Å². The lowest BCUT2D eigenvalue weighted by molar-refractivity contribution is 0.106. The Bertz CT molecular complexity index is 1370. The number of nitrogens with zero attached hydrogens (tertiary/aromatic N) is 1. The van der Waals surface area contributed by atoms with Crippen LogP contribution in [0.5, 0.6) is 5.75 Å². The SMILES string of the molecule is COc1c2ccccc2c(C(=O)/C(=N/OS(C)(=O)=O)c2ccccc2)c2ccccc12. The van der Waals surface area contributed by atoms with E-state index in [0.29, 0.717) is 27.6 Å². The van der Waals surface area contributed by atoms with Crippen LogP contribution in [0.15, 0.2) is 84.0 Å². The molecule has 0 fully saturated rings. The normalized spacial score (nSPS) is 12.1. The van der Waals surface area contributed by atoms with Gasteiger partial charge in [0.15, 0.2) is 5.71 Å². The molecule has 0 aliphatic carbocycles. The van der Waals surface area contributed by atoms with E-state index in [0.717, 1.165) is 17.0 Å². The number of hydrogen-bond donors (Lipinski definition) is 0. The molecule has 0 bridgehead atoms. The molecule has 6 nitrogen and oxygen atoms in total. The molecule has 31 heavy (non-hydrogen) atoms. The maximum Gasteiger partial charge on any atom is 0.325 e. The highest BCUT2D eigenvalue weighted by Gasteiger charge is 2.25. The minimum absolute atomic E-state index is 0.105. The summed E-state index contributed by atoms with van der Waals surface area (Å²) >= 11 is 0. The van der Waals surface area contributed by atoms with Gasteiger partial charge in [0, 0.05) is 21.9 Å². The molecule has 0 aliphatic rings. The second kappa shape index (κ2) is 8.20. The maximum absolute atomic E-state index is 13.8. The monoisotopic (exact) mass is 433 g/mol. The third-order valence-corrected chi connectivity index (χ3v) is 5.18. The summed E-state index contributed by atoms with van der Waals surface area (Å²) in [7, 11) is -2.31. The molecule has 0 heterocycles. The van der Waals surface area contributed by atoms with Crippen LogP contribution in [-0.4, -0.2) is 33.3 Å². The van der Waals surface area contributed by atoms with Crippen molar-refractivity contribution in [1.29, 1.82) is 0 Å². The molecule has 0 saturated heterocycles. The van der Waals surface area contributed by atoms with Crippen LogP contribution in [0.4, 0.5) is 0 Å². The Balaban J connectivity index is 2.05. The van der Waals surface area contributed by atoms with E-state index < -0.39 is 15.9 Å². The van der Waals surface area contributed by atoms with Gasteiger partial charge in [0.05, 0.1) is 13.4 Å². The van der Waals surface area contributed by atoms with Crippen LogP contribution in [0.1, 0.15) is 15.9 Å². The van der Waals surface area contributed by atoms with Gasteiger partial charge in [-0.3, -0.25) is 9.08 Å². The summed E-state index contributed by atoms with van der Waals surface area (Å²) < 4.78 is 33.5. The first-order valence-electron chi connectivity index (χ1n) is 9.45. The predicted octanol–water partition coefficient (Wildman–Crippen LogP) is 4.56. The number of Topliss-reactive ketones (excluding diaryl/α,β-unsaturated/α-hetero) is 1. The summed E-state index contributed by atoms with van der Waals surface area (Å²) in [6.07, 6.45) is 0.877. The Hall–Kier alpha value is -3.71. The van der Waals surface area contributed by atoms with Crippen molar-refractivity contribution in [2.45, 2.75) is 0 Å². The van der Waals surface area contributed by atoms with Crippen LogP contribution in [0.2, 0.25) is 0 Å². The number of carbonyl (C=O) groups is 1. The topological polar surface area (TPSA) is 82.0 Å². The van der Waals surface area contributed by atoms with Crippen molar-refractivity contribution >= 4 is 43.2 Å². The van der Waals surface area contributed by atoms with Gasteiger partial charge in [-0.05, 0) is 10.8 Å². The average Bonchev–Trinajstić information content (AvgIpc) is 2.77. The first-order valence-corrected chi connectivity index (χ1v) is 11.3. The second-order valence-electron chi connectivity index (χ2n) is 6.91. The number of benzene rings is 4. The largest absolute Gasteiger partial charge is 0.495 e. The van der Waals surface area contributed by atoms with E-state index in [4.69, 9.17) is 4.74 Å². The van der Waals surface area contributed by atoms with E-state index in [2.05, 4.69) is 9.44 Å². The molecule has 4 rings (SSSR count). The third kappa shape index (κ3) is 4.00. The number of carbonyl (C=O) groups excluding carboxylic acids is 1. The number of ketones is 1. The van der Waals surface area contributed by atoms with E-state index >= 15 is 0 Å². The summed E-state index contributed by atoms with van der Waals surface area (Å²) in [4.78, 5) is 13.8. The molecule has 4 aromatic rings. The van der Waals surface area contributed by atoms with Crippen molar-refractivity contribution in [3.63, 3.8) is 0 Å². The van der Waals surface area contributed by atoms with Crippen molar-refractivity contribution in [3.05, 3.63) is 90.0 Å². The fourth-order valence-electron chi connectivity index (χ4n) is 3.60. The highest BCUT2D eigenvalue weighted by molar-refractivity contribution is 7.85. The second-order valence-corrected chi connectivity index (χ2v) is 8.47. The number of fused-ring (bicyclic) bond motifs is 2. The van der Waals surface area contributed by atoms with Gasteiger partial charge < -0.3 is 4.74 Å². The first-order chi connectivity index (χ1) is 14.9. The zero-order valence-electron chi connectivity index (χ0n) is 16.9. The van der Waals surface area contributed by atoms with Crippen LogP contribution in [0.25, 0.3) is 21.5 Å². The van der Waals surface area contributed by atoms with Gasteiger partial charge in [-0.25, -0.2) is 0 Å². The number of methoxy groups -OCH3 is 1. The molecule has 0 N–H and O–H groups in total. The van der Waals surface area contributed by atoms with Gasteiger partial charge in [-0.2, -0.15) is 8.42 Å². The molecule has 0 amide bonds. The molecule has 0 radical (unpaired) electrons. The van der Waals surface area contributed by atoms with Crippen LogP contribution >= 0.6 is 0 Å². The van der Waals surface area contributed by atoms with Gasteiger partial charge >= 0.3 is 10.1 Å². The zero-order valence-corrected chi connectivity index (χ0v) is 17.7. The van der Waals surface area contributed by atoms with Crippen LogP contribution in [-0.2, 0) is 14.4 Å². The van der Waals surface area contributed by atoms with E-state index in [1.165, 1.54) is 0 Å². The van der Waals surface area contributed by atoms with Gasteiger partial charge in [-0.15, -0.1) is 0 Å². The number of hydrogen-bond acceptors (Lipinski definition) is 6. The van der Waals surface area contributed by atoms with E-state index in [9.17, 15) is 13.2 Å². The minimum atomic E-state index is -3.90. The molecule has 156 valence electrons. The molecule has 0 aromatic heterocycles. The average molecular weight is 433 g/mol. The highest BCUT2D eigenvalue weighted by Crippen LogP contribution is 2.38. The summed E-state index contributed by atoms with van der Waals surface area (Å²) in [5.74, 6) is 0.207. The Morgan fingerprint density at radius 1 is 0.774 bits per heavy atom. The van der Waals surface area contributed by atoms with Crippen LogP contribution < -0.4 is 4.74 Å². The Morgan fingerprint density at radius 2 is 1.26 bits per heavy atom. The minimum Gasteiger partial charge on any atom is -0.495 e. The van der Waals surface area contributed by atoms with Crippen LogP contribution in [0, 0.1) is 0 Å². The molecule has 0 spiro atoms. The molecule has 0 aliphatic heterocycles. The van der Waals surface area contributed by atoms with Crippen molar-refractivity contribution in [2.24, 2.45) is 5.16 Å². The fraction of sp³-hybridized carbons (Fsp3) is 0.0833. The molecule has 7 heteroatoms. The Kier molecular flexibility index (Phi) is 5.44. The van der Waals surface area contributed by atoms with Crippen molar-refractivity contribution in [2.75, 3.05) is 13.4 Å². The van der Waals surface area contributed by atoms with E-state index in [-0.39, 0.29) is 5.71 Å². The van der Waals surface area contributed by atoms with Gasteiger partial charge in [0.2, 0.25) is 5.78 Å². The van der Waals surface area contributed by atoms with Crippen molar-refractivity contribution in [3.8, 4) is 5.75 Å². The zero-order chi connectivity index (χ0) is 22.0. The van der Waals surface area contributed by atoms with E-state index in [1.54, 1.807) is 37.4 Å². The van der Waals surface area contributed by atoms with Gasteiger partial charge in [-0.1, -0.05) is 84.0 Å². The maximum atomic E-state index is 13.8. The molecule has 4 aromatic carbocycles. The lowest BCUT2D eigenvalue weighted by atomic mass is 9.90. The van der Waals surface area contributed by atoms with Crippen molar-refractivity contribution < 1.29 is 22.2 Å². The smallest absolute Gasteiger partial charge is 0.325 e. The Labute approximate surface area is 179 Å². The number of ether oxygens (including phenoxy) is 1. The van der Waals surface area contributed by atoms with Gasteiger partial charge in [0.25, 0.3) is 0 Å². The standard InChI is InChI=1S/C24H19NO5S/c1-29-24-19-14-8-6-12-17(19)21(18-13-7-9-15-20(18)24)23(26)22(25-30-31(2,27)28)16-10-4-3-5-11-16/h3-15H,1-2H3/b25-22+. The predicted molar refractivity (Wildman–Crippen MR) is 121 cm³/mol. The fourth-order valence-corrected chi connectivity index (χ4v) is 3.81. The molecular formula is C24H19NO5S. The summed E-state index contributed by atoms with van der Waals surface area (Å²) in [5, 5.41) is 6.62. The third-order valence-electron chi connectivity index (χ3n) is 4.84. The lowest BCUT2D eigenvalue weighted by Crippen LogP contribution is -2.18. The lowest BCUT2D eigenvalue weighted by Gasteiger charge is -2.15. The first kappa shape index (κ1) is 20.6. The molecular weight excluding hydrogens is 414 g/mol. The van der Waals surface area contributed by atoms with E-state index in [1.807, 2.05) is 48.5 Å². The number of rotatable bonds is 6. The number of oxime groups is 1. The highest BCUT2D eigenvalue weighted by atomic mass is 32.2. The Morgan fingerprint density at radius 3 is 1.74 bits per heavy atom. The quantitative estimate of drug-likeness (QED) is 0.193. The molecule has 0 unspecified atom stereocenters. The molecule has 0 atom stereocenters. The van der Waals surface area contributed by atoms with Crippen molar-refractivity contribution in [1.82, 2.24) is 0 Å². The molecule has 0 saturated carbocycles. The van der Waals surface area contributed by atoms with Gasteiger partial charge in [0.1, 0.15) is 5.75 Å². The summed E-state index contributed by atoms with van der Waals surface area (Å²) in [6, 6.07) is 23.4.